The lowest BCUT2D eigenvalue weighted by atomic mass is 10.1. The van der Waals surface area contributed by atoms with Crippen LogP contribution in [0.15, 0.2) is 30.5 Å². The van der Waals surface area contributed by atoms with E-state index in [9.17, 15) is 4.79 Å². The molecule has 1 heterocycles. The van der Waals surface area contributed by atoms with Crippen LogP contribution in [0.25, 0.3) is 10.9 Å². The number of hydrogen-bond donors (Lipinski definition) is 0. The Morgan fingerprint density at radius 1 is 1.50 bits per heavy atom. The van der Waals surface area contributed by atoms with Gasteiger partial charge in [-0.05, 0) is 24.3 Å². The second kappa shape index (κ2) is 5.03. The first-order chi connectivity index (χ1) is 8.65. The number of amides is 1. The predicted molar refractivity (Wildman–Crippen MR) is 69.3 cm³/mol. The van der Waals surface area contributed by atoms with Crippen molar-refractivity contribution in [1.82, 2.24) is 9.88 Å². The highest BCUT2D eigenvalue weighted by Gasteiger charge is 2.16. The fourth-order valence-corrected chi connectivity index (χ4v) is 1.91. The third-order valence-electron chi connectivity index (χ3n) is 2.60. The first-order valence-electron chi connectivity index (χ1n) is 5.31. The topological polar surface area (TPSA) is 57.0 Å². The van der Waals surface area contributed by atoms with E-state index >= 15 is 0 Å². The molecule has 1 amide bonds. The molecule has 0 aliphatic carbocycles. The monoisotopic (exact) mass is 259 g/mol. The third kappa shape index (κ3) is 2.13. The number of nitrogens with zero attached hydrogens (tertiary/aromatic N) is 3. The van der Waals surface area contributed by atoms with Crippen LogP contribution in [-0.2, 0) is 0 Å². The molecule has 0 aliphatic heterocycles. The lowest BCUT2D eigenvalue weighted by Crippen LogP contribution is -2.27. The predicted octanol–water partition coefficient (Wildman–Crippen LogP) is 2.48. The molecule has 2 rings (SSSR count). The standard InChI is InChI=1S/C13H10ClN3O/c1-17(8-6-15)13(18)10-4-5-11(14)9-3-2-7-16-12(9)10/h2-5,7H,8H2,1H3. The molecular formula is C13H10ClN3O. The third-order valence-corrected chi connectivity index (χ3v) is 2.93. The largest absolute Gasteiger partial charge is 0.328 e. The molecule has 1 aromatic carbocycles. The van der Waals surface area contributed by atoms with Crippen LogP contribution in [0.2, 0.25) is 5.02 Å². The number of nitriles is 1. The SMILES string of the molecule is CN(CC#N)C(=O)c1ccc(Cl)c2cccnc12. The van der Waals surface area contributed by atoms with Gasteiger partial charge in [0.25, 0.3) is 5.91 Å². The molecule has 90 valence electrons. The van der Waals surface area contributed by atoms with E-state index in [0.717, 1.165) is 5.39 Å². The minimum atomic E-state index is -0.239. The van der Waals surface area contributed by atoms with E-state index < -0.39 is 0 Å². The number of pyridine rings is 1. The van der Waals surface area contributed by atoms with Crippen LogP contribution in [0.3, 0.4) is 0 Å². The molecule has 2 aromatic rings. The van der Waals surface area contributed by atoms with Crippen LogP contribution in [-0.4, -0.2) is 29.4 Å². The number of carbonyl (C=O) groups is 1. The zero-order chi connectivity index (χ0) is 13.1. The van der Waals surface area contributed by atoms with Crippen LogP contribution in [0, 0.1) is 11.3 Å². The van der Waals surface area contributed by atoms with Crippen LogP contribution in [0.1, 0.15) is 10.4 Å². The molecule has 18 heavy (non-hydrogen) atoms. The van der Waals surface area contributed by atoms with Crippen LogP contribution in [0.4, 0.5) is 0 Å². The molecule has 0 unspecified atom stereocenters. The summed E-state index contributed by atoms with van der Waals surface area (Å²) in [6, 6.07) is 8.81. The van der Waals surface area contributed by atoms with Gasteiger partial charge in [0.2, 0.25) is 0 Å². The number of carbonyl (C=O) groups excluding carboxylic acids is 1. The Bertz CT molecular complexity index is 648. The van der Waals surface area contributed by atoms with Crippen molar-refractivity contribution in [1.29, 1.82) is 5.26 Å². The number of hydrogen-bond acceptors (Lipinski definition) is 3. The Balaban J connectivity index is 2.56. The molecule has 0 aliphatic rings. The summed E-state index contributed by atoms with van der Waals surface area (Å²) >= 11 is 6.06. The minimum absolute atomic E-state index is 0.0375. The van der Waals surface area contributed by atoms with Crippen LogP contribution < -0.4 is 0 Å². The van der Waals surface area contributed by atoms with Gasteiger partial charge < -0.3 is 4.90 Å². The van der Waals surface area contributed by atoms with Crippen molar-refractivity contribution in [2.24, 2.45) is 0 Å². The Morgan fingerprint density at radius 2 is 2.28 bits per heavy atom. The normalized spacial score (nSPS) is 10.1. The lowest BCUT2D eigenvalue weighted by molar-refractivity contribution is 0.0813. The fourth-order valence-electron chi connectivity index (χ4n) is 1.69. The summed E-state index contributed by atoms with van der Waals surface area (Å²) in [4.78, 5) is 17.7. The van der Waals surface area contributed by atoms with Crippen molar-refractivity contribution >= 4 is 28.4 Å². The van der Waals surface area contributed by atoms with E-state index in [0.29, 0.717) is 16.1 Å². The van der Waals surface area contributed by atoms with Gasteiger partial charge in [-0.3, -0.25) is 9.78 Å². The smallest absolute Gasteiger partial charge is 0.256 e. The highest BCUT2D eigenvalue weighted by Crippen LogP contribution is 2.25. The Labute approximate surface area is 109 Å². The number of rotatable bonds is 2. The second-order valence-corrected chi connectivity index (χ2v) is 4.22. The fraction of sp³-hybridized carbons (Fsp3) is 0.154. The van der Waals surface area contributed by atoms with E-state index in [2.05, 4.69) is 4.98 Å². The molecule has 1 aromatic heterocycles. The van der Waals surface area contributed by atoms with Gasteiger partial charge in [0, 0.05) is 18.6 Å². The summed E-state index contributed by atoms with van der Waals surface area (Å²) in [5, 5.41) is 9.89. The molecule has 0 atom stereocenters. The molecule has 0 saturated carbocycles. The minimum Gasteiger partial charge on any atom is -0.328 e. The van der Waals surface area contributed by atoms with E-state index in [-0.39, 0.29) is 12.5 Å². The van der Waals surface area contributed by atoms with Crippen molar-refractivity contribution in [2.75, 3.05) is 13.6 Å². The van der Waals surface area contributed by atoms with E-state index in [1.807, 2.05) is 12.1 Å². The van der Waals surface area contributed by atoms with Crippen LogP contribution >= 0.6 is 11.6 Å². The van der Waals surface area contributed by atoms with Crippen molar-refractivity contribution in [3.63, 3.8) is 0 Å². The average molecular weight is 260 g/mol. The van der Waals surface area contributed by atoms with E-state index in [4.69, 9.17) is 16.9 Å². The van der Waals surface area contributed by atoms with Gasteiger partial charge in [-0.25, -0.2) is 0 Å². The summed E-state index contributed by atoms with van der Waals surface area (Å²) in [7, 11) is 1.58. The molecule has 0 radical (unpaired) electrons. The van der Waals surface area contributed by atoms with Crippen molar-refractivity contribution in [2.45, 2.75) is 0 Å². The molecule has 4 nitrogen and oxygen atoms in total. The molecule has 0 fully saturated rings. The molecule has 5 heteroatoms. The first kappa shape index (κ1) is 12.3. The van der Waals surface area contributed by atoms with Gasteiger partial charge in [-0.1, -0.05) is 11.6 Å². The first-order valence-corrected chi connectivity index (χ1v) is 5.68. The summed E-state index contributed by atoms with van der Waals surface area (Å²) < 4.78 is 0. The van der Waals surface area contributed by atoms with Gasteiger partial charge in [0.15, 0.2) is 0 Å². The summed E-state index contributed by atoms with van der Waals surface area (Å²) in [5.41, 5.74) is 1.01. The molecule has 0 bridgehead atoms. The summed E-state index contributed by atoms with van der Waals surface area (Å²) in [5.74, 6) is -0.239. The van der Waals surface area contributed by atoms with Gasteiger partial charge in [-0.2, -0.15) is 5.26 Å². The van der Waals surface area contributed by atoms with Gasteiger partial charge in [0.05, 0.1) is 22.2 Å². The Kier molecular flexibility index (Phi) is 3.45. The van der Waals surface area contributed by atoms with Gasteiger partial charge in [0.1, 0.15) is 6.54 Å². The number of benzene rings is 1. The lowest BCUT2D eigenvalue weighted by Gasteiger charge is -2.14. The highest BCUT2D eigenvalue weighted by atomic mass is 35.5. The Hall–Kier alpha value is -2.12. The van der Waals surface area contributed by atoms with Crippen molar-refractivity contribution in [3.05, 3.63) is 41.0 Å². The van der Waals surface area contributed by atoms with Crippen molar-refractivity contribution < 1.29 is 4.79 Å². The van der Waals surface area contributed by atoms with Crippen molar-refractivity contribution in [3.8, 4) is 6.07 Å². The maximum atomic E-state index is 12.2. The zero-order valence-electron chi connectivity index (χ0n) is 9.72. The Morgan fingerprint density at radius 3 is 3.00 bits per heavy atom. The molecule has 0 saturated heterocycles. The second-order valence-electron chi connectivity index (χ2n) is 3.81. The number of fused-ring (bicyclic) bond motifs is 1. The quantitative estimate of drug-likeness (QED) is 0.779. The van der Waals surface area contributed by atoms with E-state index in [1.165, 1.54) is 4.90 Å². The summed E-state index contributed by atoms with van der Waals surface area (Å²) in [6.45, 7) is 0.0375. The molecular weight excluding hydrogens is 250 g/mol. The highest BCUT2D eigenvalue weighted by molar-refractivity contribution is 6.35. The average Bonchev–Trinajstić information content (AvgIpc) is 2.39. The van der Waals surface area contributed by atoms with Gasteiger partial charge in [-0.15, -0.1) is 0 Å². The van der Waals surface area contributed by atoms with Crippen LogP contribution in [0.5, 0.6) is 0 Å². The zero-order valence-corrected chi connectivity index (χ0v) is 10.5. The maximum Gasteiger partial charge on any atom is 0.256 e. The van der Waals surface area contributed by atoms with Gasteiger partial charge >= 0.3 is 0 Å². The maximum absolute atomic E-state index is 12.2. The van der Waals surface area contributed by atoms with E-state index in [1.54, 1.807) is 31.4 Å². The summed E-state index contributed by atoms with van der Waals surface area (Å²) in [6.07, 6.45) is 1.61. The number of aromatic nitrogens is 1. The molecule has 0 spiro atoms. The molecule has 0 N–H and O–H groups in total. The number of halogens is 1.